The Bertz CT molecular complexity index is 347. The van der Waals surface area contributed by atoms with Crippen LogP contribution in [0, 0.1) is 5.82 Å². The predicted octanol–water partition coefficient (Wildman–Crippen LogP) is 2.20. The van der Waals surface area contributed by atoms with Crippen LogP contribution >= 0.6 is 12.4 Å². The minimum atomic E-state index is -0.514. The molecule has 0 amide bonds. The highest BCUT2D eigenvalue weighted by Crippen LogP contribution is 2.15. The molecule has 0 saturated heterocycles. The molecule has 0 fully saturated rings. The Morgan fingerprint density at radius 2 is 2.25 bits per heavy atom. The summed E-state index contributed by atoms with van der Waals surface area (Å²) in [5.41, 5.74) is 6.33. The molecule has 1 aromatic rings. The summed E-state index contributed by atoms with van der Waals surface area (Å²) in [6, 6.07) is 5.40. The molecule has 1 atom stereocenters. The van der Waals surface area contributed by atoms with Gasteiger partial charge in [0.05, 0.1) is 13.0 Å². The molecule has 0 bridgehead atoms. The molecule has 0 aliphatic heterocycles. The number of esters is 1. The van der Waals surface area contributed by atoms with Crippen molar-refractivity contribution in [3.63, 3.8) is 0 Å². The van der Waals surface area contributed by atoms with Crippen LogP contribution in [0.4, 0.5) is 4.39 Å². The van der Waals surface area contributed by atoms with Gasteiger partial charge < -0.3 is 10.5 Å². The minimum absolute atomic E-state index is 0. The molecule has 0 unspecified atom stereocenters. The van der Waals surface area contributed by atoms with Crippen molar-refractivity contribution in [3.8, 4) is 0 Å². The normalized spacial score (nSPS) is 11.4. The first kappa shape index (κ1) is 14.9. The summed E-state index contributed by atoms with van der Waals surface area (Å²) in [4.78, 5) is 11.1. The van der Waals surface area contributed by atoms with E-state index in [1.54, 1.807) is 19.1 Å². The molecular formula is C11H15ClFNO2. The number of hydrogen-bond acceptors (Lipinski definition) is 3. The molecule has 2 N–H and O–H groups in total. The van der Waals surface area contributed by atoms with E-state index in [9.17, 15) is 9.18 Å². The summed E-state index contributed by atoms with van der Waals surface area (Å²) in [7, 11) is 0. The smallest absolute Gasteiger partial charge is 0.307 e. The largest absolute Gasteiger partial charge is 0.466 e. The number of carbonyl (C=O) groups is 1. The van der Waals surface area contributed by atoms with E-state index < -0.39 is 6.04 Å². The minimum Gasteiger partial charge on any atom is -0.466 e. The molecule has 0 aliphatic rings. The van der Waals surface area contributed by atoms with Gasteiger partial charge in [0.15, 0.2) is 0 Å². The van der Waals surface area contributed by atoms with Gasteiger partial charge in [-0.3, -0.25) is 4.79 Å². The summed E-state index contributed by atoms with van der Waals surface area (Å²) in [6.45, 7) is 2.06. The maximum atomic E-state index is 12.8. The number of ether oxygens (including phenoxy) is 1. The second-order valence-corrected chi connectivity index (χ2v) is 3.17. The highest BCUT2D eigenvalue weighted by molar-refractivity contribution is 5.85. The van der Waals surface area contributed by atoms with E-state index in [1.165, 1.54) is 12.1 Å². The first-order valence-electron chi connectivity index (χ1n) is 4.80. The fourth-order valence-corrected chi connectivity index (χ4v) is 1.25. The molecule has 0 heterocycles. The Morgan fingerprint density at radius 1 is 1.56 bits per heavy atom. The van der Waals surface area contributed by atoms with Crippen molar-refractivity contribution in [2.75, 3.05) is 6.61 Å². The lowest BCUT2D eigenvalue weighted by Crippen LogP contribution is -2.17. The van der Waals surface area contributed by atoms with Gasteiger partial charge in [-0.1, -0.05) is 12.1 Å². The van der Waals surface area contributed by atoms with Crippen molar-refractivity contribution in [3.05, 3.63) is 35.6 Å². The Morgan fingerprint density at radius 3 is 2.81 bits per heavy atom. The highest BCUT2D eigenvalue weighted by Gasteiger charge is 2.12. The summed E-state index contributed by atoms with van der Waals surface area (Å²) in [6.07, 6.45) is 0.0668. The third kappa shape index (κ3) is 4.59. The Kier molecular flexibility index (Phi) is 6.69. The maximum absolute atomic E-state index is 12.8. The number of halogens is 2. The molecule has 0 saturated carbocycles. The van der Waals surface area contributed by atoms with Crippen LogP contribution in [0.3, 0.4) is 0 Å². The van der Waals surface area contributed by atoms with Crippen molar-refractivity contribution >= 4 is 18.4 Å². The molecule has 90 valence electrons. The standard InChI is InChI=1S/C11H14FNO2.ClH/c1-2-15-11(14)7-10(13)8-4-3-5-9(12)6-8;/h3-6,10H,2,7,13H2,1H3;1H/t10-;/m1./s1. The number of benzene rings is 1. The summed E-state index contributed by atoms with van der Waals surface area (Å²) in [5, 5.41) is 0. The van der Waals surface area contributed by atoms with Crippen molar-refractivity contribution in [2.45, 2.75) is 19.4 Å². The lowest BCUT2D eigenvalue weighted by atomic mass is 10.1. The van der Waals surface area contributed by atoms with Crippen molar-refractivity contribution in [1.82, 2.24) is 0 Å². The quantitative estimate of drug-likeness (QED) is 0.830. The molecule has 16 heavy (non-hydrogen) atoms. The van der Waals surface area contributed by atoms with Gasteiger partial charge in [-0.05, 0) is 24.6 Å². The van der Waals surface area contributed by atoms with E-state index >= 15 is 0 Å². The summed E-state index contributed by atoms with van der Waals surface area (Å²) in [5.74, 6) is -0.721. The first-order valence-corrected chi connectivity index (χ1v) is 4.80. The van der Waals surface area contributed by atoms with Crippen LogP contribution in [0.2, 0.25) is 0 Å². The second-order valence-electron chi connectivity index (χ2n) is 3.17. The van der Waals surface area contributed by atoms with Gasteiger partial charge in [0, 0.05) is 6.04 Å². The van der Waals surface area contributed by atoms with E-state index in [4.69, 9.17) is 10.5 Å². The average molecular weight is 248 g/mol. The van der Waals surface area contributed by atoms with Crippen LogP contribution in [0.5, 0.6) is 0 Å². The fraction of sp³-hybridized carbons (Fsp3) is 0.364. The van der Waals surface area contributed by atoms with Gasteiger partial charge >= 0.3 is 5.97 Å². The zero-order valence-corrected chi connectivity index (χ0v) is 9.80. The Labute approximate surface area is 100 Å². The first-order chi connectivity index (χ1) is 7.13. The predicted molar refractivity (Wildman–Crippen MR) is 61.8 cm³/mol. The van der Waals surface area contributed by atoms with Gasteiger partial charge in [-0.2, -0.15) is 0 Å². The van der Waals surface area contributed by atoms with Crippen LogP contribution in [0.15, 0.2) is 24.3 Å². The van der Waals surface area contributed by atoms with Crippen LogP contribution < -0.4 is 5.73 Å². The summed E-state index contributed by atoms with van der Waals surface area (Å²) >= 11 is 0. The van der Waals surface area contributed by atoms with Gasteiger partial charge in [0.2, 0.25) is 0 Å². The van der Waals surface area contributed by atoms with E-state index in [2.05, 4.69) is 0 Å². The summed E-state index contributed by atoms with van der Waals surface area (Å²) < 4.78 is 17.6. The molecule has 0 aliphatic carbocycles. The molecule has 3 nitrogen and oxygen atoms in total. The molecule has 0 radical (unpaired) electrons. The highest BCUT2D eigenvalue weighted by atomic mass is 35.5. The Hall–Kier alpha value is -1.13. The van der Waals surface area contributed by atoms with Crippen LogP contribution in [-0.2, 0) is 9.53 Å². The van der Waals surface area contributed by atoms with Gasteiger partial charge in [0.25, 0.3) is 0 Å². The Balaban J connectivity index is 0.00000225. The van der Waals surface area contributed by atoms with Crippen LogP contribution in [0.1, 0.15) is 24.9 Å². The van der Waals surface area contributed by atoms with Crippen molar-refractivity contribution in [2.24, 2.45) is 5.73 Å². The van der Waals surface area contributed by atoms with Gasteiger partial charge in [-0.25, -0.2) is 4.39 Å². The number of carbonyl (C=O) groups excluding carboxylic acids is 1. The zero-order valence-electron chi connectivity index (χ0n) is 8.98. The van der Waals surface area contributed by atoms with E-state index in [0.717, 1.165) is 0 Å². The molecular weight excluding hydrogens is 233 g/mol. The lowest BCUT2D eigenvalue weighted by Gasteiger charge is -2.10. The van der Waals surface area contributed by atoms with E-state index in [1.807, 2.05) is 0 Å². The van der Waals surface area contributed by atoms with Gasteiger partial charge in [0.1, 0.15) is 5.82 Å². The maximum Gasteiger partial charge on any atom is 0.307 e. The molecule has 1 aromatic carbocycles. The third-order valence-electron chi connectivity index (χ3n) is 1.97. The molecule has 0 aromatic heterocycles. The lowest BCUT2D eigenvalue weighted by molar-refractivity contribution is -0.143. The van der Waals surface area contributed by atoms with Gasteiger partial charge in [-0.15, -0.1) is 12.4 Å². The van der Waals surface area contributed by atoms with E-state index in [-0.39, 0.29) is 30.6 Å². The average Bonchev–Trinajstić information content (AvgIpc) is 2.18. The topological polar surface area (TPSA) is 52.3 Å². The second kappa shape index (κ2) is 7.19. The third-order valence-corrected chi connectivity index (χ3v) is 1.97. The fourth-order valence-electron chi connectivity index (χ4n) is 1.25. The van der Waals surface area contributed by atoms with Crippen molar-refractivity contribution < 1.29 is 13.9 Å². The van der Waals surface area contributed by atoms with E-state index in [0.29, 0.717) is 12.2 Å². The number of hydrogen-bond donors (Lipinski definition) is 1. The molecule has 5 heteroatoms. The molecule has 0 spiro atoms. The monoisotopic (exact) mass is 247 g/mol. The molecule has 1 rings (SSSR count). The van der Waals surface area contributed by atoms with Crippen molar-refractivity contribution in [1.29, 1.82) is 0 Å². The zero-order chi connectivity index (χ0) is 11.3. The van der Waals surface area contributed by atoms with Crippen LogP contribution in [0.25, 0.3) is 0 Å². The number of nitrogens with two attached hydrogens (primary N) is 1. The van der Waals surface area contributed by atoms with Crippen LogP contribution in [-0.4, -0.2) is 12.6 Å². The SMILES string of the molecule is CCOC(=O)C[C@@H](N)c1cccc(F)c1.Cl. The number of rotatable bonds is 4.